The van der Waals surface area contributed by atoms with Crippen molar-refractivity contribution in [1.29, 1.82) is 0 Å². The Bertz CT molecular complexity index is 970. The van der Waals surface area contributed by atoms with Crippen molar-refractivity contribution in [1.82, 2.24) is 4.90 Å². The molecule has 1 heterocycles. The van der Waals surface area contributed by atoms with Crippen molar-refractivity contribution in [3.63, 3.8) is 0 Å². The summed E-state index contributed by atoms with van der Waals surface area (Å²) in [6, 6.07) is 11.5. The minimum atomic E-state index is -0.862. The average molecular weight is 443 g/mol. The van der Waals surface area contributed by atoms with Crippen LogP contribution in [-0.4, -0.2) is 61.8 Å². The maximum absolute atomic E-state index is 12.0. The van der Waals surface area contributed by atoms with Crippen molar-refractivity contribution < 1.29 is 28.7 Å². The SMILES string of the molecule is COCC(=O)N1CCN(c2cc(COC(=O)Oc3ccc(C)cc3)ccc2[N+](=O)[O-])CC1. The van der Waals surface area contributed by atoms with Crippen molar-refractivity contribution in [2.24, 2.45) is 0 Å². The Morgan fingerprint density at radius 2 is 1.75 bits per heavy atom. The second-order valence-corrected chi connectivity index (χ2v) is 7.33. The molecule has 0 atom stereocenters. The largest absolute Gasteiger partial charge is 0.514 e. The number of nitro benzene ring substituents is 1. The molecule has 1 fully saturated rings. The van der Waals surface area contributed by atoms with E-state index >= 15 is 0 Å². The number of hydrogen-bond acceptors (Lipinski definition) is 8. The van der Waals surface area contributed by atoms with E-state index in [1.165, 1.54) is 13.2 Å². The van der Waals surface area contributed by atoms with E-state index in [0.717, 1.165) is 5.56 Å². The number of hydrogen-bond donors (Lipinski definition) is 0. The standard InChI is InChI=1S/C22H25N3O7/c1-16-3-6-18(7-4-16)32-22(27)31-14-17-5-8-19(25(28)29)20(13-17)23-9-11-24(12-10-23)21(26)15-30-2/h3-8,13H,9-12,14-15H2,1-2H3. The van der Waals surface area contributed by atoms with Gasteiger partial charge in [-0.1, -0.05) is 17.7 Å². The predicted octanol–water partition coefficient (Wildman–Crippen LogP) is 2.91. The molecular weight excluding hydrogens is 418 g/mol. The van der Waals surface area contributed by atoms with E-state index in [9.17, 15) is 19.7 Å². The van der Waals surface area contributed by atoms with Crippen LogP contribution in [0.25, 0.3) is 0 Å². The first-order valence-electron chi connectivity index (χ1n) is 10.1. The first-order chi connectivity index (χ1) is 15.4. The minimum absolute atomic E-state index is 0.00561. The maximum Gasteiger partial charge on any atom is 0.514 e. The van der Waals surface area contributed by atoms with Gasteiger partial charge in [0.25, 0.3) is 5.69 Å². The number of carbonyl (C=O) groups is 2. The van der Waals surface area contributed by atoms with E-state index in [4.69, 9.17) is 14.2 Å². The summed E-state index contributed by atoms with van der Waals surface area (Å²) in [5.41, 5.74) is 1.99. The van der Waals surface area contributed by atoms with Crippen molar-refractivity contribution in [3.8, 4) is 5.75 Å². The normalized spacial score (nSPS) is 13.6. The molecule has 0 aliphatic carbocycles. The quantitative estimate of drug-likeness (QED) is 0.278. The number of piperazine rings is 1. The summed E-state index contributed by atoms with van der Waals surface area (Å²) in [6.45, 7) is 3.58. The first kappa shape index (κ1) is 23.0. The minimum Gasteiger partial charge on any atom is -0.429 e. The van der Waals surface area contributed by atoms with Gasteiger partial charge in [0.05, 0.1) is 4.92 Å². The Morgan fingerprint density at radius 1 is 1.06 bits per heavy atom. The van der Waals surface area contributed by atoms with Gasteiger partial charge in [-0.2, -0.15) is 0 Å². The molecule has 1 amide bonds. The number of benzene rings is 2. The molecule has 2 aromatic rings. The summed E-state index contributed by atoms with van der Waals surface area (Å²) in [5, 5.41) is 11.5. The van der Waals surface area contributed by atoms with Crippen molar-refractivity contribution in [2.45, 2.75) is 13.5 Å². The number of nitro groups is 1. The van der Waals surface area contributed by atoms with Crippen LogP contribution in [0.1, 0.15) is 11.1 Å². The van der Waals surface area contributed by atoms with Crippen LogP contribution in [0.15, 0.2) is 42.5 Å². The Morgan fingerprint density at radius 3 is 2.38 bits per heavy atom. The lowest BCUT2D eigenvalue weighted by atomic mass is 10.1. The smallest absolute Gasteiger partial charge is 0.429 e. The molecule has 10 nitrogen and oxygen atoms in total. The molecule has 10 heteroatoms. The number of anilines is 1. The summed E-state index contributed by atoms with van der Waals surface area (Å²) < 4.78 is 15.2. The fourth-order valence-corrected chi connectivity index (χ4v) is 3.35. The Hall–Kier alpha value is -3.66. The number of ether oxygens (including phenoxy) is 3. The number of carbonyl (C=O) groups excluding carboxylic acids is 2. The average Bonchev–Trinajstić information content (AvgIpc) is 2.79. The molecule has 32 heavy (non-hydrogen) atoms. The van der Waals surface area contributed by atoms with Gasteiger partial charge in [-0.05, 0) is 36.8 Å². The molecule has 0 bridgehead atoms. The summed E-state index contributed by atoms with van der Waals surface area (Å²) in [6.07, 6.45) is -0.862. The van der Waals surface area contributed by atoms with Gasteiger partial charge >= 0.3 is 6.16 Å². The van der Waals surface area contributed by atoms with Gasteiger partial charge in [0.15, 0.2) is 0 Å². The lowest BCUT2D eigenvalue weighted by molar-refractivity contribution is -0.384. The molecule has 170 valence electrons. The van der Waals surface area contributed by atoms with Gasteiger partial charge in [-0.25, -0.2) is 4.79 Å². The van der Waals surface area contributed by atoms with Crippen LogP contribution in [0.5, 0.6) is 5.75 Å². The summed E-state index contributed by atoms with van der Waals surface area (Å²) in [4.78, 5) is 38.5. The van der Waals surface area contributed by atoms with Gasteiger partial charge in [-0.15, -0.1) is 0 Å². The molecule has 1 aliphatic rings. The molecule has 0 radical (unpaired) electrons. The first-order valence-corrected chi connectivity index (χ1v) is 10.1. The second-order valence-electron chi connectivity index (χ2n) is 7.33. The number of nitrogens with zero attached hydrogens (tertiary/aromatic N) is 3. The summed E-state index contributed by atoms with van der Waals surface area (Å²) in [7, 11) is 1.46. The van der Waals surface area contributed by atoms with Crippen LogP contribution in [0, 0.1) is 17.0 Å². The fraction of sp³-hybridized carbons (Fsp3) is 0.364. The fourth-order valence-electron chi connectivity index (χ4n) is 3.35. The highest BCUT2D eigenvalue weighted by molar-refractivity contribution is 5.78. The van der Waals surface area contributed by atoms with Crippen LogP contribution >= 0.6 is 0 Å². The van der Waals surface area contributed by atoms with Gasteiger partial charge in [0, 0.05) is 39.4 Å². The van der Waals surface area contributed by atoms with Gasteiger partial charge in [-0.3, -0.25) is 14.9 Å². The lowest BCUT2D eigenvalue weighted by Crippen LogP contribution is -2.49. The second kappa shape index (κ2) is 10.6. The third-order valence-corrected chi connectivity index (χ3v) is 5.06. The number of rotatable bonds is 7. The molecule has 0 unspecified atom stereocenters. The highest BCUT2D eigenvalue weighted by Gasteiger charge is 2.26. The van der Waals surface area contributed by atoms with Gasteiger partial charge in [0.2, 0.25) is 5.91 Å². The molecule has 0 spiro atoms. The van der Waals surface area contributed by atoms with E-state index in [-0.39, 0.29) is 24.8 Å². The third kappa shape index (κ3) is 5.94. The predicted molar refractivity (Wildman–Crippen MR) is 116 cm³/mol. The van der Waals surface area contributed by atoms with Crippen molar-refractivity contribution in [3.05, 3.63) is 63.7 Å². The molecule has 0 saturated carbocycles. The van der Waals surface area contributed by atoms with E-state index in [0.29, 0.717) is 43.2 Å². The number of aryl methyl sites for hydroxylation is 1. The Kier molecular flexibility index (Phi) is 7.61. The molecule has 0 aromatic heterocycles. The Labute approximate surface area is 185 Å². The van der Waals surface area contributed by atoms with Crippen LogP contribution in [-0.2, 0) is 20.9 Å². The van der Waals surface area contributed by atoms with Crippen LogP contribution < -0.4 is 9.64 Å². The Balaban J connectivity index is 1.64. The lowest BCUT2D eigenvalue weighted by Gasteiger charge is -2.35. The topological polar surface area (TPSA) is 111 Å². The summed E-state index contributed by atoms with van der Waals surface area (Å²) in [5.74, 6) is 0.252. The zero-order valence-electron chi connectivity index (χ0n) is 18.0. The van der Waals surface area contributed by atoms with Crippen molar-refractivity contribution in [2.75, 3.05) is 44.8 Å². The van der Waals surface area contributed by atoms with Crippen LogP contribution in [0.2, 0.25) is 0 Å². The highest BCUT2D eigenvalue weighted by Crippen LogP contribution is 2.30. The monoisotopic (exact) mass is 443 g/mol. The van der Waals surface area contributed by atoms with Crippen LogP contribution in [0.3, 0.4) is 0 Å². The molecule has 1 saturated heterocycles. The van der Waals surface area contributed by atoms with E-state index in [1.54, 1.807) is 29.2 Å². The van der Waals surface area contributed by atoms with E-state index in [2.05, 4.69) is 0 Å². The third-order valence-electron chi connectivity index (χ3n) is 5.06. The molecule has 1 aliphatic heterocycles. The number of methoxy groups -OCH3 is 1. The zero-order valence-corrected chi connectivity index (χ0v) is 18.0. The highest BCUT2D eigenvalue weighted by atomic mass is 16.7. The van der Waals surface area contributed by atoms with Crippen molar-refractivity contribution >= 4 is 23.4 Å². The van der Waals surface area contributed by atoms with Gasteiger partial charge < -0.3 is 24.0 Å². The zero-order chi connectivity index (χ0) is 23.1. The van der Waals surface area contributed by atoms with Crippen LogP contribution in [0.4, 0.5) is 16.2 Å². The maximum atomic E-state index is 12.0. The molecular formula is C22H25N3O7. The summed E-state index contributed by atoms with van der Waals surface area (Å²) >= 11 is 0. The molecule has 3 rings (SSSR count). The number of amides is 1. The van der Waals surface area contributed by atoms with E-state index in [1.807, 2.05) is 24.0 Å². The van der Waals surface area contributed by atoms with Gasteiger partial charge in [0.1, 0.15) is 24.7 Å². The molecule has 2 aromatic carbocycles. The van der Waals surface area contributed by atoms with E-state index < -0.39 is 11.1 Å². The molecule has 0 N–H and O–H groups in total.